The van der Waals surface area contributed by atoms with Crippen molar-refractivity contribution in [2.45, 2.75) is 20.3 Å². The molecule has 0 saturated heterocycles. The van der Waals surface area contributed by atoms with Crippen LogP contribution >= 0.6 is 15.9 Å². The minimum Gasteiger partial charge on any atom is -0.496 e. The number of ether oxygens (including phenoxy) is 1. The van der Waals surface area contributed by atoms with Crippen molar-refractivity contribution in [1.82, 2.24) is 9.55 Å². The highest BCUT2D eigenvalue weighted by Gasteiger charge is 2.13. The average Bonchev–Trinajstić information content (AvgIpc) is 2.56. The first-order chi connectivity index (χ1) is 8.52. The van der Waals surface area contributed by atoms with E-state index in [0.29, 0.717) is 0 Å². The van der Waals surface area contributed by atoms with Crippen molar-refractivity contribution in [3.63, 3.8) is 0 Å². The van der Waals surface area contributed by atoms with Gasteiger partial charge < -0.3 is 9.30 Å². The molecule has 1 aromatic heterocycles. The van der Waals surface area contributed by atoms with Gasteiger partial charge in [-0.15, -0.1) is 0 Å². The molecule has 0 aliphatic carbocycles. The summed E-state index contributed by atoms with van der Waals surface area (Å²) in [4.78, 5) is 4.42. The van der Waals surface area contributed by atoms with Gasteiger partial charge in [0.25, 0.3) is 0 Å². The van der Waals surface area contributed by atoms with Crippen LogP contribution < -0.4 is 4.74 Å². The fourth-order valence-corrected chi connectivity index (χ4v) is 2.70. The average molecular weight is 309 g/mol. The molecule has 0 aliphatic rings. The molecule has 0 fully saturated rings. The van der Waals surface area contributed by atoms with Crippen molar-refractivity contribution in [2.75, 3.05) is 7.11 Å². The van der Waals surface area contributed by atoms with E-state index < -0.39 is 0 Å². The zero-order valence-corrected chi connectivity index (χ0v) is 12.7. The molecule has 1 aromatic carbocycles. The van der Waals surface area contributed by atoms with Crippen LogP contribution in [0.4, 0.5) is 0 Å². The van der Waals surface area contributed by atoms with Gasteiger partial charge in [0.1, 0.15) is 16.2 Å². The number of methoxy groups -OCH3 is 1. The second-order valence-corrected chi connectivity index (χ2v) is 5.20. The molecule has 2 rings (SSSR count). The summed E-state index contributed by atoms with van der Waals surface area (Å²) < 4.78 is 8.43. The van der Waals surface area contributed by atoms with E-state index in [1.165, 1.54) is 11.1 Å². The van der Waals surface area contributed by atoms with E-state index in [-0.39, 0.29) is 0 Å². The fourth-order valence-electron chi connectivity index (χ4n) is 2.03. The Bertz CT molecular complexity index is 575. The number of halogens is 1. The molecule has 18 heavy (non-hydrogen) atoms. The molecule has 0 bridgehead atoms. The monoisotopic (exact) mass is 308 g/mol. The summed E-state index contributed by atoms with van der Waals surface area (Å²) in [5.41, 5.74) is 3.58. The maximum absolute atomic E-state index is 5.41. The van der Waals surface area contributed by atoms with Crippen LogP contribution in [-0.2, 0) is 13.5 Å². The molecular formula is C14H17BrN2O. The maximum atomic E-state index is 5.41. The van der Waals surface area contributed by atoms with Crippen molar-refractivity contribution in [1.29, 1.82) is 0 Å². The summed E-state index contributed by atoms with van der Waals surface area (Å²) in [6, 6.07) is 6.24. The Kier molecular flexibility index (Phi) is 3.76. The Morgan fingerprint density at radius 3 is 2.61 bits per heavy atom. The molecule has 0 aliphatic heterocycles. The van der Waals surface area contributed by atoms with E-state index >= 15 is 0 Å². The number of aryl methyl sites for hydroxylation is 2. The summed E-state index contributed by atoms with van der Waals surface area (Å²) in [5, 5.41) is 0. The van der Waals surface area contributed by atoms with Crippen LogP contribution in [0.1, 0.15) is 22.6 Å². The summed E-state index contributed by atoms with van der Waals surface area (Å²) >= 11 is 3.52. The van der Waals surface area contributed by atoms with Gasteiger partial charge in [0.2, 0.25) is 0 Å². The van der Waals surface area contributed by atoms with E-state index in [1.54, 1.807) is 7.11 Å². The highest BCUT2D eigenvalue weighted by Crippen LogP contribution is 2.26. The quantitative estimate of drug-likeness (QED) is 0.869. The SMILES string of the molecule is COc1ccc(C)cc1Cc1c(Br)nc(C)n1C. The molecule has 4 heteroatoms. The van der Waals surface area contributed by atoms with Gasteiger partial charge in [0, 0.05) is 19.0 Å². The standard InChI is InChI=1S/C14H17BrN2O/c1-9-5-6-13(18-4)11(7-9)8-12-14(15)16-10(2)17(12)3/h5-7H,8H2,1-4H3. The number of aromatic nitrogens is 2. The number of hydrogen-bond donors (Lipinski definition) is 0. The second kappa shape index (κ2) is 5.14. The topological polar surface area (TPSA) is 27.1 Å². The van der Waals surface area contributed by atoms with Crippen LogP contribution in [0.3, 0.4) is 0 Å². The minimum absolute atomic E-state index is 0.808. The Labute approximate surface area is 116 Å². The van der Waals surface area contributed by atoms with E-state index in [4.69, 9.17) is 4.74 Å². The third-order valence-electron chi connectivity index (χ3n) is 3.18. The first-order valence-corrected chi connectivity index (χ1v) is 6.63. The van der Waals surface area contributed by atoms with E-state index in [9.17, 15) is 0 Å². The fraction of sp³-hybridized carbons (Fsp3) is 0.357. The Morgan fingerprint density at radius 1 is 1.33 bits per heavy atom. The zero-order valence-electron chi connectivity index (χ0n) is 11.1. The van der Waals surface area contributed by atoms with E-state index in [1.807, 2.05) is 20.0 Å². The molecule has 0 unspecified atom stereocenters. The van der Waals surface area contributed by atoms with Gasteiger partial charge in [-0.1, -0.05) is 17.7 Å². The molecule has 1 heterocycles. The van der Waals surface area contributed by atoms with Crippen molar-refractivity contribution in [3.05, 3.63) is 45.4 Å². The Balaban J connectivity index is 2.42. The lowest BCUT2D eigenvalue weighted by Gasteiger charge is -2.10. The lowest BCUT2D eigenvalue weighted by atomic mass is 10.1. The molecule has 2 aromatic rings. The van der Waals surface area contributed by atoms with Crippen LogP contribution in [0.5, 0.6) is 5.75 Å². The van der Waals surface area contributed by atoms with Crippen molar-refractivity contribution in [2.24, 2.45) is 7.05 Å². The van der Waals surface area contributed by atoms with Gasteiger partial charge in [0.05, 0.1) is 12.8 Å². The Morgan fingerprint density at radius 2 is 2.06 bits per heavy atom. The molecule has 0 spiro atoms. The minimum atomic E-state index is 0.808. The van der Waals surface area contributed by atoms with E-state index in [2.05, 4.69) is 44.5 Å². The van der Waals surface area contributed by atoms with Gasteiger partial charge in [-0.25, -0.2) is 4.98 Å². The summed E-state index contributed by atoms with van der Waals surface area (Å²) in [5.74, 6) is 1.93. The molecule has 0 amide bonds. The van der Waals surface area contributed by atoms with Gasteiger partial charge in [-0.3, -0.25) is 0 Å². The van der Waals surface area contributed by atoms with Gasteiger partial charge in [-0.05, 0) is 35.8 Å². The lowest BCUT2D eigenvalue weighted by molar-refractivity contribution is 0.410. The summed E-state index contributed by atoms with van der Waals surface area (Å²) in [6.45, 7) is 4.09. The molecule has 0 N–H and O–H groups in total. The van der Waals surface area contributed by atoms with Crippen LogP contribution in [0.15, 0.2) is 22.8 Å². The molecule has 0 radical (unpaired) electrons. The van der Waals surface area contributed by atoms with E-state index in [0.717, 1.165) is 28.3 Å². The largest absolute Gasteiger partial charge is 0.496 e. The first kappa shape index (κ1) is 13.1. The third kappa shape index (κ3) is 2.43. The predicted octanol–water partition coefficient (Wildman–Crippen LogP) is 3.40. The molecule has 3 nitrogen and oxygen atoms in total. The van der Waals surface area contributed by atoms with Crippen molar-refractivity contribution >= 4 is 15.9 Å². The maximum Gasteiger partial charge on any atom is 0.127 e. The molecule has 96 valence electrons. The van der Waals surface area contributed by atoms with Gasteiger partial charge in [-0.2, -0.15) is 0 Å². The first-order valence-electron chi connectivity index (χ1n) is 5.84. The normalized spacial score (nSPS) is 10.7. The van der Waals surface area contributed by atoms with Crippen molar-refractivity contribution in [3.8, 4) is 5.75 Å². The smallest absolute Gasteiger partial charge is 0.127 e. The Hall–Kier alpha value is -1.29. The van der Waals surface area contributed by atoms with Crippen LogP contribution in [-0.4, -0.2) is 16.7 Å². The molecule has 0 saturated carbocycles. The summed E-state index contributed by atoms with van der Waals surface area (Å²) in [6.07, 6.45) is 0.808. The van der Waals surface area contributed by atoms with Crippen molar-refractivity contribution < 1.29 is 4.74 Å². The molecular weight excluding hydrogens is 292 g/mol. The van der Waals surface area contributed by atoms with Crippen LogP contribution in [0, 0.1) is 13.8 Å². The summed E-state index contributed by atoms with van der Waals surface area (Å²) in [7, 11) is 3.74. The van der Waals surface area contributed by atoms with Crippen LogP contribution in [0.25, 0.3) is 0 Å². The third-order valence-corrected chi connectivity index (χ3v) is 3.82. The number of hydrogen-bond acceptors (Lipinski definition) is 2. The number of imidazole rings is 1. The van der Waals surface area contributed by atoms with Gasteiger partial charge >= 0.3 is 0 Å². The number of rotatable bonds is 3. The predicted molar refractivity (Wildman–Crippen MR) is 76.2 cm³/mol. The number of benzene rings is 1. The lowest BCUT2D eigenvalue weighted by Crippen LogP contribution is -2.01. The highest BCUT2D eigenvalue weighted by molar-refractivity contribution is 9.10. The van der Waals surface area contributed by atoms with Gasteiger partial charge in [0.15, 0.2) is 0 Å². The zero-order chi connectivity index (χ0) is 13.3. The number of nitrogens with zero attached hydrogens (tertiary/aromatic N) is 2. The molecule has 0 atom stereocenters. The second-order valence-electron chi connectivity index (χ2n) is 4.45. The van der Waals surface area contributed by atoms with Crippen LogP contribution in [0.2, 0.25) is 0 Å². The highest BCUT2D eigenvalue weighted by atomic mass is 79.9.